The molecule has 0 heterocycles. The number of methoxy groups -OCH3 is 1. The summed E-state index contributed by atoms with van der Waals surface area (Å²) < 4.78 is 4.67. The second kappa shape index (κ2) is 8.36. The van der Waals surface area contributed by atoms with Crippen LogP contribution < -0.4 is 0 Å². The van der Waals surface area contributed by atoms with E-state index in [0.29, 0.717) is 5.56 Å². The van der Waals surface area contributed by atoms with Gasteiger partial charge in [0, 0.05) is 4.90 Å². The predicted molar refractivity (Wildman–Crippen MR) is 65.5 cm³/mol. The van der Waals surface area contributed by atoms with Gasteiger partial charge in [-0.25, -0.2) is 4.79 Å². The number of thioether (sulfide) groups is 1. The average molecular weight is 226 g/mol. The van der Waals surface area contributed by atoms with Crippen molar-refractivity contribution in [1.82, 2.24) is 0 Å². The summed E-state index contributed by atoms with van der Waals surface area (Å²) in [6, 6.07) is 7.47. The lowest BCUT2D eigenvalue weighted by Gasteiger charge is -2.04. The Bertz CT molecular complexity index is 297. The maximum atomic E-state index is 11.3. The van der Waals surface area contributed by atoms with Gasteiger partial charge in [0.05, 0.1) is 12.7 Å². The van der Waals surface area contributed by atoms with Crippen molar-refractivity contribution >= 4 is 17.7 Å². The predicted octanol–water partition coefficient (Wildman–Crippen LogP) is 3.61. The Labute approximate surface area is 96.0 Å². The van der Waals surface area contributed by atoms with Crippen LogP contribution in [0.3, 0.4) is 0 Å². The van der Waals surface area contributed by atoms with Gasteiger partial charge in [-0.05, 0) is 17.9 Å². The van der Waals surface area contributed by atoms with Crippen molar-refractivity contribution in [1.29, 1.82) is 0 Å². The average Bonchev–Trinajstić information content (AvgIpc) is 2.32. The molecule has 0 aliphatic rings. The lowest BCUT2D eigenvalue weighted by molar-refractivity contribution is 0.0597. The van der Waals surface area contributed by atoms with Gasteiger partial charge in [-0.1, -0.05) is 32.9 Å². The maximum Gasteiger partial charge on any atom is 0.338 e. The van der Waals surface area contributed by atoms with Crippen LogP contribution in [0.15, 0.2) is 29.2 Å². The third kappa shape index (κ3) is 4.38. The normalized spacial score (nSPS) is 8.80. The topological polar surface area (TPSA) is 26.3 Å². The fourth-order valence-corrected chi connectivity index (χ4v) is 1.82. The van der Waals surface area contributed by atoms with E-state index in [1.165, 1.54) is 7.11 Å². The van der Waals surface area contributed by atoms with Crippen LogP contribution in [0.25, 0.3) is 0 Å². The van der Waals surface area contributed by atoms with Crippen molar-refractivity contribution in [2.45, 2.75) is 25.7 Å². The smallest absolute Gasteiger partial charge is 0.338 e. The molecule has 0 saturated carbocycles. The van der Waals surface area contributed by atoms with Crippen molar-refractivity contribution in [3.05, 3.63) is 29.8 Å². The summed E-state index contributed by atoms with van der Waals surface area (Å²) in [5.74, 6) is 0.685. The van der Waals surface area contributed by atoms with Crippen LogP contribution >= 0.6 is 11.8 Å². The largest absolute Gasteiger partial charge is 0.465 e. The molecule has 0 bridgehead atoms. The van der Waals surface area contributed by atoms with E-state index in [0.717, 1.165) is 10.6 Å². The van der Waals surface area contributed by atoms with Gasteiger partial charge in [0.2, 0.25) is 0 Å². The Hall–Kier alpha value is -0.960. The summed E-state index contributed by atoms with van der Waals surface area (Å²) in [5, 5.41) is 0. The molecule has 0 unspecified atom stereocenters. The van der Waals surface area contributed by atoms with Crippen molar-refractivity contribution in [3.8, 4) is 0 Å². The first kappa shape index (κ1) is 14.0. The lowest BCUT2D eigenvalue weighted by Crippen LogP contribution is -2.02. The summed E-state index contributed by atoms with van der Waals surface area (Å²) in [4.78, 5) is 12.3. The first-order chi connectivity index (χ1) is 7.29. The highest BCUT2D eigenvalue weighted by molar-refractivity contribution is 7.99. The number of ether oxygens (including phenoxy) is 1. The number of rotatable bonds is 3. The standard InChI is InChI=1S/C10H12O2S.C2H6/c1-3-13-9-7-5-4-6-8(9)10(11)12-2;1-2/h4-7H,3H2,1-2H3;1-2H3. The van der Waals surface area contributed by atoms with Crippen LogP contribution in [-0.2, 0) is 4.74 Å². The number of hydrogen-bond donors (Lipinski definition) is 0. The molecule has 0 amide bonds. The Morgan fingerprint density at radius 2 is 1.93 bits per heavy atom. The zero-order valence-corrected chi connectivity index (χ0v) is 10.6. The van der Waals surface area contributed by atoms with Crippen LogP contribution in [0.4, 0.5) is 0 Å². The molecule has 0 spiro atoms. The molecule has 0 aliphatic heterocycles. The van der Waals surface area contributed by atoms with Gasteiger partial charge in [-0.15, -0.1) is 11.8 Å². The summed E-state index contributed by atoms with van der Waals surface area (Å²) in [6.45, 7) is 6.05. The summed E-state index contributed by atoms with van der Waals surface area (Å²) >= 11 is 1.64. The van der Waals surface area contributed by atoms with E-state index in [4.69, 9.17) is 0 Å². The van der Waals surface area contributed by atoms with Gasteiger partial charge < -0.3 is 4.74 Å². The number of carbonyl (C=O) groups is 1. The highest BCUT2D eigenvalue weighted by atomic mass is 32.2. The van der Waals surface area contributed by atoms with E-state index in [-0.39, 0.29) is 5.97 Å². The van der Waals surface area contributed by atoms with Gasteiger partial charge in [0.1, 0.15) is 0 Å². The minimum Gasteiger partial charge on any atom is -0.465 e. The van der Waals surface area contributed by atoms with Gasteiger partial charge in [0.25, 0.3) is 0 Å². The van der Waals surface area contributed by atoms with Gasteiger partial charge in [-0.2, -0.15) is 0 Å². The summed E-state index contributed by atoms with van der Waals surface area (Å²) in [5.41, 5.74) is 0.650. The fourth-order valence-electron chi connectivity index (χ4n) is 1.03. The van der Waals surface area contributed by atoms with Crippen molar-refractivity contribution in [2.24, 2.45) is 0 Å². The molecule has 0 atom stereocenters. The third-order valence-electron chi connectivity index (χ3n) is 1.59. The van der Waals surface area contributed by atoms with Crippen LogP contribution in [0.1, 0.15) is 31.1 Å². The Kier molecular flexibility index (Phi) is 7.82. The van der Waals surface area contributed by atoms with Gasteiger partial charge in [0.15, 0.2) is 0 Å². The second-order valence-electron chi connectivity index (χ2n) is 2.42. The maximum absolute atomic E-state index is 11.3. The molecule has 1 aromatic rings. The van der Waals surface area contributed by atoms with E-state index in [1.54, 1.807) is 17.8 Å². The summed E-state index contributed by atoms with van der Waals surface area (Å²) in [6.07, 6.45) is 0. The minimum absolute atomic E-state index is 0.267. The van der Waals surface area contributed by atoms with E-state index in [1.807, 2.05) is 32.0 Å². The van der Waals surface area contributed by atoms with Crippen molar-refractivity contribution < 1.29 is 9.53 Å². The van der Waals surface area contributed by atoms with E-state index >= 15 is 0 Å². The molecule has 15 heavy (non-hydrogen) atoms. The van der Waals surface area contributed by atoms with Crippen molar-refractivity contribution in [3.63, 3.8) is 0 Å². The highest BCUT2D eigenvalue weighted by Gasteiger charge is 2.09. The molecule has 0 N–H and O–H groups in total. The van der Waals surface area contributed by atoms with Crippen molar-refractivity contribution in [2.75, 3.05) is 12.9 Å². The van der Waals surface area contributed by atoms with Crippen LogP contribution in [0, 0.1) is 0 Å². The molecule has 0 aliphatic carbocycles. The number of hydrogen-bond acceptors (Lipinski definition) is 3. The SMILES string of the molecule is CC.CCSc1ccccc1C(=O)OC. The van der Waals surface area contributed by atoms with Gasteiger partial charge in [-0.3, -0.25) is 0 Å². The Morgan fingerprint density at radius 1 is 1.33 bits per heavy atom. The fraction of sp³-hybridized carbons (Fsp3) is 0.417. The molecule has 1 aromatic carbocycles. The molecule has 84 valence electrons. The first-order valence-electron chi connectivity index (χ1n) is 5.09. The zero-order chi connectivity index (χ0) is 11.7. The minimum atomic E-state index is -0.267. The molecular weight excluding hydrogens is 208 g/mol. The van der Waals surface area contributed by atoms with E-state index in [2.05, 4.69) is 11.7 Å². The Balaban J connectivity index is 0.000000921. The molecule has 0 radical (unpaired) electrons. The molecule has 0 aromatic heterocycles. The quantitative estimate of drug-likeness (QED) is 0.581. The molecular formula is C12H18O2S. The lowest BCUT2D eigenvalue weighted by atomic mass is 10.2. The van der Waals surface area contributed by atoms with Crippen LogP contribution in [0.5, 0.6) is 0 Å². The molecule has 1 rings (SSSR count). The van der Waals surface area contributed by atoms with Gasteiger partial charge >= 0.3 is 5.97 Å². The number of benzene rings is 1. The third-order valence-corrected chi connectivity index (χ3v) is 2.55. The first-order valence-corrected chi connectivity index (χ1v) is 6.08. The number of esters is 1. The van der Waals surface area contributed by atoms with Crippen LogP contribution in [-0.4, -0.2) is 18.8 Å². The monoisotopic (exact) mass is 226 g/mol. The molecule has 0 fully saturated rings. The molecule has 3 heteroatoms. The van der Waals surface area contributed by atoms with E-state index < -0.39 is 0 Å². The zero-order valence-electron chi connectivity index (χ0n) is 9.74. The molecule has 0 saturated heterocycles. The highest BCUT2D eigenvalue weighted by Crippen LogP contribution is 2.22. The van der Waals surface area contributed by atoms with E-state index in [9.17, 15) is 4.79 Å². The number of carbonyl (C=O) groups excluding carboxylic acids is 1. The second-order valence-corrected chi connectivity index (χ2v) is 3.73. The molecule has 2 nitrogen and oxygen atoms in total. The summed E-state index contributed by atoms with van der Waals surface area (Å²) in [7, 11) is 1.40. The van der Waals surface area contributed by atoms with Crippen LogP contribution in [0.2, 0.25) is 0 Å². The Morgan fingerprint density at radius 3 is 2.47 bits per heavy atom.